The Bertz CT molecular complexity index is 634. The molecule has 0 aliphatic carbocycles. The maximum absolute atomic E-state index is 11.0. The first kappa shape index (κ1) is 14.6. The van der Waals surface area contributed by atoms with Gasteiger partial charge in [0.2, 0.25) is 6.41 Å². The summed E-state index contributed by atoms with van der Waals surface area (Å²) in [6, 6.07) is 8.81. The zero-order valence-corrected chi connectivity index (χ0v) is 11.9. The average Bonchev–Trinajstić information content (AvgIpc) is 2.48. The van der Waals surface area contributed by atoms with Crippen molar-refractivity contribution in [3.63, 3.8) is 0 Å². The van der Waals surface area contributed by atoms with Gasteiger partial charge in [-0.15, -0.1) is 0 Å². The number of halogens is 1. The fourth-order valence-electron chi connectivity index (χ4n) is 1.62. The Kier molecular flexibility index (Phi) is 5.15. The Balaban J connectivity index is 2.32. The van der Waals surface area contributed by atoms with Gasteiger partial charge in [-0.2, -0.15) is 0 Å². The minimum Gasteiger partial charge on any atom is -0.355 e. The minimum absolute atomic E-state index is 0.371. The predicted molar refractivity (Wildman–Crippen MR) is 78.1 cm³/mol. The zero-order chi connectivity index (χ0) is 14.4. The molecule has 1 aromatic heterocycles. The number of hydrogen-bond donors (Lipinski definition) is 1. The predicted octanol–water partition coefficient (Wildman–Crippen LogP) is 2.94. The number of benzene rings is 1. The van der Waals surface area contributed by atoms with Crippen LogP contribution in [-0.2, 0) is 11.3 Å². The van der Waals surface area contributed by atoms with E-state index in [1.165, 1.54) is 11.8 Å². The largest absolute Gasteiger partial charge is 0.355 e. The molecule has 102 valence electrons. The summed E-state index contributed by atoms with van der Waals surface area (Å²) in [6.07, 6.45) is 3.04. The molecular weight excluding hydrogens is 296 g/mol. The molecule has 6 heteroatoms. The van der Waals surface area contributed by atoms with Crippen molar-refractivity contribution >= 4 is 36.1 Å². The number of hydrogen-bond acceptors (Lipinski definition) is 4. The lowest BCUT2D eigenvalue weighted by Crippen LogP contribution is -2.10. The standard InChI is InChI=1S/C14H11ClN2O2S/c15-12-3-4-13(11(6-12)7-16-9-19)20-14-10(8-18)2-1-5-17-14/h1-6,8-9H,7H2,(H,16,19). The summed E-state index contributed by atoms with van der Waals surface area (Å²) in [5, 5.41) is 3.82. The van der Waals surface area contributed by atoms with Crippen LogP contribution in [0.4, 0.5) is 0 Å². The quantitative estimate of drug-likeness (QED) is 0.834. The second-order valence-corrected chi connectivity index (χ2v) is 5.34. The first-order chi connectivity index (χ1) is 9.74. The number of nitrogens with one attached hydrogen (secondary N) is 1. The highest BCUT2D eigenvalue weighted by molar-refractivity contribution is 7.99. The summed E-state index contributed by atoms with van der Waals surface area (Å²) in [5.74, 6) is 0. The normalized spacial score (nSPS) is 10.1. The fraction of sp³-hybridized carbons (Fsp3) is 0.0714. The van der Waals surface area contributed by atoms with E-state index in [2.05, 4.69) is 10.3 Å². The number of carbonyl (C=O) groups is 2. The SMILES string of the molecule is O=CNCc1cc(Cl)ccc1Sc1ncccc1C=O. The van der Waals surface area contributed by atoms with E-state index in [-0.39, 0.29) is 0 Å². The minimum atomic E-state index is 0.371. The second-order valence-electron chi connectivity index (χ2n) is 3.87. The first-order valence-corrected chi connectivity index (χ1v) is 6.97. The fourth-order valence-corrected chi connectivity index (χ4v) is 2.77. The molecule has 2 rings (SSSR count). The van der Waals surface area contributed by atoms with Gasteiger partial charge < -0.3 is 5.32 Å². The van der Waals surface area contributed by atoms with Crippen LogP contribution in [0.25, 0.3) is 0 Å². The third-order valence-electron chi connectivity index (χ3n) is 2.53. The zero-order valence-electron chi connectivity index (χ0n) is 10.4. The van der Waals surface area contributed by atoms with E-state index in [1.54, 1.807) is 30.5 Å². The Labute approximate surface area is 125 Å². The number of nitrogens with zero attached hydrogens (tertiary/aromatic N) is 1. The molecule has 0 radical (unpaired) electrons. The van der Waals surface area contributed by atoms with Gasteiger partial charge in [-0.25, -0.2) is 4.98 Å². The molecule has 4 nitrogen and oxygen atoms in total. The summed E-state index contributed by atoms with van der Waals surface area (Å²) in [7, 11) is 0. The van der Waals surface area contributed by atoms with Gasteiger partial charge in [0.25, 0.3) is 0 Å². The summed E-state index contributed by atoms with van der Waals surface area (Å²) in [6.45, 7) is 0.371. The van der Waals surface area contributed by atoms with Crippen molar-refractivity contribution in [3.8, 4) is 0 Å². The van der Waals surface area contributed by atoms with Crippen LogP contribution in [0.1, 0.15) is 15.9 Å². The molecule has 0 saturated heterocycles. The highest BCUT2D eigenvalue weighted by Gasteiger charge is 2.09. The maximum Gasteiger partial charge on any atom is 0.207 e. The van der Waals surface area contributed by atoms with E-state index < -0.39 is 0 Å². The Morgan fingerprint density at radius 3 is 2.90 bits per heavy atom. The van der Waals surface area contributed by atoms with E-state index in [4.69, 9.17) is 11.6 Å². The van der Waals surface area contributed by atoms with Crippen LogP contribution >= 0.6 is 23.4 Å². The van der Waals surface area contributed by atoms with Gasteiger partial charge in [0.15, 0.2) is 6.29 Å². The van der Waals surface area contributed by atoms with Crippen molar-refractivity contribution in [2.24, 2.45) is 0 Å². The molecule has 1 aromatic carbocycles. The van der Waals surface area contributed by atoms with E-state index in [0.29, 0.717) is 28.6 Å². The first-order valence-electron chi connectivity index (χ1n) is 5.78. The Hall–Kier alpha value is -1.85. The van der Waals surface area contributed by atoms with Crippen molar-refractivity contribution in [1.82, 2.24) is 10.3 Å². The van der Waals surface area contributed by atoms with Gasteiger partial charge in [0.1, 0.15) is 5.03 Å². The van der Waals surface area contributed by atoms with Gasteiger partial charge in [-0.05, 0) is 35.9 Å². The molecule has 20 heavy (non-hydrogen) atoms. The molecule has 1 amide bonds. The second kappa shape index (κ2) is 7.07. The van der Waals surface area contributed by atoms with Crippen molar-refractivity contribution in [3.05, 3.63) is 52.7 Å². The van der Waals surface area contributed by atoms with Crippen LogP contribution in [0.5, 0.6) is 0 Å². The molecule has 0 fully saturated rings. The van der Waals surface area contributed by atoms with E-state index >= 15 is 0 Å². The molecule has 0 bridgehead atoms. The topological polar surface area (TPSA) is 59.1 Å². The van der Waals surface area contributed by atoms with Crippen molar-refractivity contribution < 1.29 is 9.59 Å². The van der Waals surface area contributed by atoms with Gasteiger partial charge >= 0.3 is 0 Å². The molecule has 0 spiro atoms. The van der Waals surface area contributed by atoms with Crippen LogP contribution in [0.15, 0.2) is 46.5 Å². The summed E-state index contributed by atoms with van der Waals surface area (Å²) in [5.41, 5.74) is 1.40. The molecule has 2 aromatic rings. The highest BCUT2D eigenvalue weighted by Crippen LogP contribution is 2.32. The molecule has 0 atom stereocenters. The number of aldehydes is 1. The molecule has 1 heterocycles. The monoisotopic (exact) mass is 306 g/mol. The van der Waals surface area contributed by atoms with E-state index in [1.807, 2.05) is 6.07 Å². The summed E-state index contributed by atoms with van der Waals surface area (Å²) >= 11 is 7.33. The molecule has 0 saturated carbocycles. The smallest absolute Gasteiger partial charge is 0.207 e. The van der Waals surface area contributed by atoms with Crippen LogP contribution < -0.4 is 5.32 Å². The van der Waals surface area contributed by atoms with Crippen molar-refractivity contribution in [2.75, 3.05) is 0 Å². The summed E-state index contributed by atoms with van der Waals surface area (Å²) < 4.78 is 0. The van der Waals surface area contributed by atoms with Crippen LogP contribution in [0.3, 0.4) is 0 Å². The van der Waals surface area contributed by atoms with E-state index in [0.717, 1.165) is 16.7 Å². The number of rotatable bonds is 6. The highest BCUT2D eigenvalue weighted by atomic mass is 35.5. The van der Waals surface area contributed by atoms with Crippen molar-refractivity contribution in [2.45, 2.75) is 16.5 Å². The Morgan fingerprint density at radius 2 is 2.15 bits per heavy atom. The Morgan fingerprint density at radius 1 is 1.30 bits per heavy atom. The summed E-state index contributed by atoms with van der Waals surface area (Å²) in [4.78, 5) is 26.5. The number of aromatic nitrogens is 1. The van der Waals surface area contributed by atoms with Crippen LogP contribution in [-0.4, -0.2) is 17.7 Å². The van der Waals surface area contributed by atoms with Gasteiger partial charge in [0, 0.05) is 28.2 Å². The van der Waals surface area contributed by atoms with Crippen LogP contribution in [0, 0.1) is 0 Å². The lowest BCUT2D eigenvalue weighted by molar-refractivity contribution is -0.109. The van der Waals surface area contributed by atoms with E-state index in [9.17, 15) is 9.59 Å². The number of amides is 1. The molecule has 0 aliphatic heterocycles. The molecule has 0 aliphatic rings. The number of pyridine rings is 1. The third-order valence-corrected chi connectivity index (χ3v) is 3.92. The maximum atomic E-state index is 11.0. The van der Waals surface area contributed by atoms with Gasteiger partial charge in [0.05, 0.1) is 0 Å². The number of carbonyl (C=O) groups excluding carboxylic acids is 2. The lowest BCUT2D eigenvalue weighted by Gasteiger charge is -2.09. The lowest BCUT2D eigenvalue weighted by atomic mass is 10.2. The van der Waals surface area contributed by atoms with Crippen molar-refractivity contribution in [1.29, 1.82) is 0 Å². The molecule has 1 N–H and O–H groups in total. The van der Waals surface area contributed by atoms with Gasteiger partial charge in [-0.3, -0.25) is 9.59 Å². The van der Waals surface area contributed by atoms with Gasteiger partial charge in [-0.1, -0.05) is 23.4 Å². The molecular formula is C14H11ClN2O2S. The molecule has 0 unspecified atom stereocenters. The van der Waals surface area contributed by atoms with Crippen LogP contribution in [0.2, 0.25) is 5.02 Å². The third kappa shape index (κ3) is 3.59. The average molecular weight is 307 g/mol.